The zero-order valence-corrected chi connectivity index (χ0v) is 16.5. The third-order valence-corrected chi connectivity index (χ3v) is 5.86. The van der Waals surface area contributed by atoms with E-state index < -0.39 is 11.6 Å². The van der Waals surface area contributed by atoms with Crippen LogP contribution in [0.4, 0.5) is 5.69 Å². The quantitative estimate of drug-likeness (QED) is 0.494. The van der Waals surface area contributed by atoms with Crippen molar-refractivity contribution in [2.45, 2.75) is 39.0 Å². The molecule has 0 saturated carbocycles. The number of benzene rings is 1. The van der Waals surface area contributed by atoms with Crippen LogP contribution in [-0.4, -0.2) is 26.5 Å². The number of carbonyl (C=O) groups is 2. The number of pyridine rings is 2. The van der Waals surface area contributed by atoms with Crippen molar-refractivity contribution in [2.75, 3.05) is 5.32 Å². The molecule has 2 aromatic heterocycles. The number of hydrogen-bond acceptors (Lipinski definition) is 6. The van der Waals surface area contributed by atoms with Crippen LogP contribution in [0, 0.1) is 0 Å². The van der Waals surface area contributed by atoms with E-state index in [0.29, 0.717) is 40.3 Å². The van der Waals surface area contributed by atoms with Crippen LogP contribution in [0.2, 0.25) is 0 Å². The molecular formula is C22H19N3O5. The summed E-state index contributed by atoms with van der Waals surface area (Å²) in [5, 5.41) is 14.5. The van der Waals surface area contributed by atoms with Crippen molar-refractivity contribution < 1.29 is 19.4 Å². The van der Waals surface area contributed by atoms with Crippen molar-refractivity contribution in [3.63, 3.8) is 0 Å². The lowest BCUT2D eigenvalue weighted by molar-refractivity contribution is -0.172. The molecule has 0 radical (unpaired) electrons. The normalized spacial score (nSPS) is 19.1. The minimum atomic E-state index is -1.85. The highest BCUT2D eigenvalue weighted by Crippen LogP contribution is 2.39. The number of carbonyl (C=O) groups excluding carboxylic acids is 2. The largest absolute Gasteiger partial charge is 0.458 e. The molecule has 2 N–H and O–H groups in total. The van der Waals surface area contributed by atoms with Crippen molar-refractivity contribution in [1.29, 1.82) is 0 Å². The fourth-order valence-electron chi connectivity index (χ4n) is 4.30. The van der Waals surface area contributed by atoms with Gasteiger partial charge in [-0.25, -0.2) is 9.78 Å². The summed E-state index contributed by atoms with van der Waals surface area (Å²) in [5.74, 6) is -0.926. The van der Waals surface area contributed by atoms with Crippen LogP contribution in [0.25, 0.3) is 22.3 Å². The molecule has 0 bridgehead atoms. The zero-order valence-electron chi connectivity index (χ0n) is 16.5. The number of rotatable bonds is 2. The van der Waals surface area contributed by atoms with Crippen LogP contribution >= 0.6 is 0 Å². The molecule has 152 valence electrons. The number of ether oxygens (including phenoxy) is 1. The molecule has 1 aromatic carbocycles. The van der Waals surface area contributed by atoms with Crippen LogP contribution in [-0.2, 0) is 33.1 Å². The lowest BCUT2D eigenvalue weighted by atomic mass is 9.86. The number of esters is 1. The van der Waals surface area contributed by atoms with Crippen molar-refractivity contribution in [1.82, 2.24) is 9.55 Å². The molecule has 8 nitrogen and oxygen atoms in total. The first-order valence-corrected chi connectivity index (χ1v) is 9.71. The van der Waals surface area contributed by atoms with Gasteiger partial charge < -0.3 is 19.7 Å². The molecule has 0 aliphatic carbocycles. The minimum Gasteiger partial charge on any atom is -0.458 e. The van der Waals surface area contributed by atoms with E-state index in [1.807, 2.05) is 12.1 Å². The Hall–Kier alpha value is -3.52. The smallest absolute Gasteiger partial charge is 0.343 e. The van der Waals surface area contributed by atoms with Crippen molar-refractivity contribution >= 4 is 28.5 Å². The van der Waals surface area contributed by atoms with Crippen LogP contribution < -0.4 is 10.9 Å². The van der Waals surface area contributed by atoms with Gasteiger partial charge in [0.25, 0.3) is 5.56 Å². The first kappa shape index (κ1) is 18.5. The van der Waals surface area contributed by atoms with Crippen molar-refractivity contribution in [3.8, 4) is 11.4 Å². The highest BCUT2D eigenvalue weighted by molar-refractivity contribution is 6.01. The van der Waals surface area contributed by atoms with E-state index in [9.17, 15) is 19.5 Å². The lowest BCUT2D eigenvalue weighted by Crippen LogP contribution is -2.44. The number of nitrogens with one attached hydrogen (secondary N) is 1. The fourth-order valence-corrected chi connectivity index (χ4v) is 4.30. The molecule has 30 heavy (non-hydrogen) atoms. The average Bonchev–Trinajstić information content (AvgIpc) is 3.08. The third kappa shape index (κ3) is 2.43. The van der Waals surface area contributed by atoms with E-state index in [4.69, 9.17) is 9.72 Å². The summed E-state index contributed by atoms with van der Waals surface area (Å²) in [6.45, 7) is 3.27. The minimum absolute atomic E-state index is 0.0970. The van der Waals surface area contributed by atoms with Gasteiger partial charge in [0.1, 0.15) is 6.61 Å². The fraction of sp³-hybridized carbons (Fsp3) is 0.273. The molecular weight excluding hydrogens is 386 g/mol. The molecule has 0 saturated heterocycles. The van der Waals surface area contributed by atoms with Crippen LogP contribution in [0.1, 0.15) is 37.0 Å². The second-order valence-corrected chi connectivity index (χ2v) is 7.65. The van der Waals surface area contributed by atoms with E-state index in [2.05, 4.69) is 5.32 Å². The number of fused-ring (bicyclic) bond motifs is 5. The molecule has 1 unspecified atom stereocenters. The maximum Gasteiger partial charge on any atom is 0.343 e. The van der Waals surface area contributed by atoms with Gasteiger partial charge in [0.05, 0.1) is 34.7 Å². The van der Waals surface area contributed by atoms with E-state index in [0.717, 1.165) is 10.9 Å². The number of nitrogens with zero attached hydrogens (tertiary/aromatic N) is 2. The van der Waals surface area contributed by atoms with Crippen molar-refractivity contribution in [3.05, 3.63) is 57.4 Å². The maximum absolute atomic E-state index is 13.2. The number of anilines is 1. The Bertz CT molecular complexity index is 1330. The summed E-state index contributed by atoms with van der Waals surface area (Å²) in [5.41, 5.74) is 1.76. The number of cyclic esters (lactones) is 1. The highest BCUT2D eigenvalue weighted by Gasteiger charge is 2.45. The predicted molar refractivity (Wildman–Crippen MR) is 109 cm³/mol. The van der Waals surface area contributed by atoms with Crippen LogP contribution in [0.3, 0.4) is 0 Å². The van der Waals surface area contributed by atoms with Gasteiger partial charge in [0.2, 0.25) is 5.91 Å². The van der Waals surface area contributed by atoms with Crippen LogP contribution in [0.15, 0.2) is 35.1 Å². The zero-order chi connectivity index (χ0) is 21.2. The standard InChI is InChI=1S/C22H19N3O5/c1-3-22(29)15-8-18-19-12(9-25(18)20(27)14(15)10-30-21(22)28)7-13-16(23-11(2)26)5-4-6-17(13)24-19/h4-8,29H,3,9-10H2,1-2H3,(H,23,26). The first-order valence-electron chi connectivity index (χ1n) is 9.71. The molecule has 1 atom stereocenters. The Balaban J connectivity index is 1.75. The molecule has 5 rings (SSSR count). The molecule has 0 spiro atoms. The molecule has 2 aliphatic rings. The Morgan fingerprint density at radius 3 is 2.87 bits per heavy atom. The average molecular weight is 405 g/mol. The SMILES string of the molecule is CCC1(O)C(=O)OCc2c1cc1n(c2=O)Cc2cc3c(NC(C)=O)cccc3nc2-1. The van der Waals surface area contributed by atoms with Crippen LogP contribution in [0.5, 0.6) is 0 Å². The number of hydrogen-bond donors (Lipinski definition) is 2. The second-order valence-electron chi connectivity index (χ2n) is 7.65. The van der Waals surface area contributed by atoms with E-state index in [1.165, 1.54) is 6.92 Å². The highest BCUT2D eigenvalue weighted by atomic mass is 16.6. The number of aliphatic hydroxyl groups is 1. The molecule has 1 amide bonds. The van der Waals surface area contributed by atoms with Gasteiger partial charge in [-0.3, -0.25) is 9.59 Å². The summed E-state index contributed by atoms with van der Waals surface area (Å²) in [4.78, 5) is 41.7. The van der Waals surface area contributed by atoms with Gasteiger partial charge in [-0.15, -0.1) is 0 Å². The summed E-state index contributed by atoms with van der Waals surface area (Å²) in [6, 6.07) is 9.04. The summed E-state index contributed by atoms with van der Waals surface area (Å²) >= 11 is 0. The monoisotopic (exact) mass is 405 g/mol. The lowest BCUT2D eigenvalue weighted by Gasteiger charge is -2.31. The molecule has 2 aliphatic heterocycles. The van der Waals surface area contributed by atoms with Gasteiger partial charge in [-0.05, 0) is 30.7 Å². The number of amides is 1. The summed E-state index contributed by atoms with van der Waals surface area (Å²) < 4.78 is 6.67. The molecule has 4 heterocycles. The molecule has 0 fully saturated rings. The Morgan fingerprint density at radius 2 is 2.13 bits per heavy atom. The van der Waals surface area contributed by atoms with E-state index in [-0.39, 0.29) is 24.5 Å². The molecule has 3 aromatic rings. The Labute approximate surface area is 171 Å². The summed E-state index contributed by atoms with van der Waals surface area (Å²) in [7, 11) is 0. The molecule has 8 heteroatoms. The van der Waals surface area contributed by atoms with Gasteiger partial charge >= 0.3 is 5.97 Å². The van der Waals surface area contributed by atoms with Gasteiger partial charge in [-0.2, -0.15) is 0 Å². The topological polar surface area (TPSA) is 111 Å². The van der Waals surface area contributed by atoms with E-state index in [1.54, 1.807) is 29.7 Å². The van der Waals surface area contributed by atoms with Gasteiger partial charge in [0.15, 0.2) is 5.60 Å². The second kappa shape index (κ2) is 6.24. The maximum atomic E-state index is 13.2. The van der Waals surface area contributed by atoms with Gasteiger partial charge in [0, 0.05) is 23.4 Å². The van der Waals surface area contributed by atoms with Crippen molar-refractivity contribution in [2.24, 2.45) is 0 Å². The number of aromatic nitrogens is 2. The third-order valence-electron chi connectivity index (χ3n) is 5.86. The van der Waals surface area contributed by atoms with E-state index >= 15 is 0 Å². The predicted octanol–water partition coefficient (Wildman–Crippen LogP) is 2.04. The Kier molecular flexibility index (Phi) is 3.85. The Morgan fingerprint density at radius 1 is 1.33 bits per heavy atom. The first-order chi connectivity index (χ1) is 14.3. The van der Waals surface area contributed by atoms with Gasteiger partial charge in [-0.1, -0.05) is 13.0 Å². The summed E-state index contributed by atoms with van der Waals surface area (Å²) in [6.07, 6.45) is 0.0970.